The minimum absolute atomic E-state index is 0.278. The van der Waals surface area contributed by atoms with E-state index in [0.29, 0.717) is 16.3 Å². The Bertz CT molecular complexity index is 660. The van der Waals surface area contributed by atoms with Crippen LogP contribution in [0.5, 0.6) is 0 Å². The summed E-state index contributed by atoms with van der Waals surface area (Å²) in [6.45, 7) is 1.93. The standard InChI is InChI=1S/C14H12Cl2N2O2/c1-8-3-4-9(15)5-11(8)18-12-6-13(16)17-7-10(12)14(19)20-2/h3-7H,1-2H3,(H,17,18). The van der Waals surface area contributed by atoms with E-state index in [1.807, 2.05) is 13.0 Å². The summed E-state index contributed by atoms with van der Waals surface area (Å²) in [4.78, 5) is 15.6. The van der Waals surface area contributed by atoms with Crippen molar-refractivity contribution >= 4 is 40.5 Å². The number of methoxy groups -OCH3 is 1. The number of carbonyl (C=O) groups excluding carboxylic acids is 1. The predicted octanol–water partition coefficient (Wildman–Crippen LogP) is 4.23. The highest BCUT2D eigenvalue weighted by molar-refractivity contribution is 6.31. The molecule has 0 bridgehead atoms. The third-order valence-corrected chi connectivity index (χ3v) is 3.19. The van der Waals surface area contributed by atoms with Gasteiger partial charge in [0, 0.05) is 16.9 Å². The summed E-state index contributed by atoms with van der Waals surface area (Å²) in [5.74, 6) is -0.489. The number of aryl methyl sites for hydroxylation is 1. The first kappa shape index (κ1) is 14.6. The number of nitrogens with one attached hydrogen (secondary N) is 1. The maximum atomic E-state index is 11.7. The van der Waals surface area contributed by atoms with E-state index < -0.39 is 5.97 Å². The van der Waals surface area contributed by atoms with Crippen LogP contribution in [0.15, 0.2) is 30.5 Å². The average Bonchev–Trinajstić information content (AvgIpc) is 2.42. The molecule has 104 valence electrons. The maximum Gasteiger partial charge on any atom is 0.341 e. The van der Waals surface area contributed by atoms with Gasteiger partial charge in [-0.15, -0.1) is 0 Å². The molecular weight excluding hydrogens is 299 g/mol. The van der Waals surface area contributed by atoms with Crippen LogP contribution in [0.2, 0.25) is 10.2 Å². The van der Waals surface area contributed by atoms with Crippen molar-refractivity contribution in [2.24, 2.45) is 0 Å². The van der Waals surface area contributed by atoms with Crippen LogP contribution in [0.4, 0.5) is 11.4 Å². The van der Waals surface area contributed by atoms with Gasteiger partial charge in [-0.3, -0.25) is 0 Å². The molecule has 0 radical (unpaired) electrons. The Kier molecular flexibility index (Phi) is 4.47. The van der Waals surface area contributed by atoms with Gasteiger partial charge >= 0.3 is 5.97 Å². The minimum Gasteiger partial charge on any atom is -0.465 e. The summed E-state index contributed by atoms with van der Waals surface area (Å²) in [6.07, 6.45) is 1.37. The molecule has 0 atom stereocenters. The Morgan fingerprint density at radius 3 is 2.70 bits per heavy atom. The van der Waals surface area contributed by atoms with Gasteiger partial charge in [0.25, 0.3) is 0 Å². The van der Waals surface area contributed by atoms with E-state index in [-0.39, 0.29) is 5.15 Å². The fourth-order valence-corrected chi connectivity index (χ4v) is 2.01. The number of esters is 1. The zero-order valence-corrected chi connectivity index (χ0v) is 12.4. The van der Waals surface area contributed by atoms with Gasteiger partial charge in [-0.25, -0.2) is 9.78 Å². The molecule has 20 heavy (non-hydrogen) atoms. The average molecular weight is 311 g/mol. The van der Waals surface area contributed by atoms with Gasteiger partial charge in [0.15, 0.2) is 0 Å². The van der Waals surface area contributed by atoms with Crippen LogP contribution in [0.3, 0.4) is 0 Å². The summed E-state index contributed by atoms with van der Waals surface area (Å²) < 4.78 is 4.72. The number of halogens is 2. The highest BCUT2D eigenvalue weighted by Gasteiger charge is 2.14. The molecule has 0 amide bonds. The Labute approximate surface area is 126 Å². The van der Waals surface area contributed by atoms with Gasteiger partial charge in [-0.05, 0) is 30.7 Å². The first-order valence-corrected chi connectivity index (χ1v) is 6.54. The van der Waals surface area contributed by atoms with Crippen molar-refractivity contribution in [2.75, 3.05) is 12.4 Å². The molecule has 0 aliphatic carbocycles. The number of carbonyl (C=O) groups is 1. The Hall–Kier alpha value is -1.78. The third kappa shape index (κ3) is 3.21. The van der Waals surface area contributed by atoms with Gasteiger partial charge < -0.3 is 10.1 Å². The van der Waals surface area contributed by atoms with Crippen LogP contribution in [-0.4, -0.2) is 18.1 Å². The van der Waals surface area contributed by atoms with Crippen LogP contribution < -0.4 is 5.32 Å². The smallest absolute Gasteiger partial charge is 0.341 e. The Morgan fingerprint density at radius 1 is 1.25 bits per heavy atom. The predicted molar refractivity (Wildman–Crippen MR) is 80.1 cm³/mol. The lowest BCUT2D eigenvalue weighted by Gasteiger charge is -2.13. The number of ether oxygens (including phenoxy) is 1. The van der Waals surface area contributed by atoms with E-state index >= 15 is 0 Å². The van der Waals surface area contributed by atoms with Gasteiger partial charge in [0.1, 0.15) is 10.7 Å². The number of anilines is 2. The number of benzene rings is 1. The molecule has 4 nitrogen and oxygen atoms in total. The van der Waals surface area contributed by atoms with Crippen molar-refractivity contribution in [3.8, 4) is 0 Å². The fourth-order valence-electron chi connectivity index (χ4n) is 1.68. The number of aromatic nitrogens is 1. The zero-order chi connectivity index (χ0) is 14.7. The molecule has 0 aliphatic heterocycles. The van der Waals surface area contributed by atoms with Crippen molar-refractivity contribution in [1.82, 2.24) is 4.98 Å². The number of pyridine rings is 1. The maximum absolute atomic E-state index is 11.7. The van der Waals surface area contributed by atoms with Crippen molar-refractivity contribution < 1.29 is 9.53 Å². The molecule has 2 aromatic rings. The fraction of sp³-hybridized carbons (Fsp3) is 0.143. The Morgan fingerprint density at radius 2 is 2.00 bits per heavy atom. The van der Waals surface area contributed by atoms with E-state index in [9.17, 15) is 4.79 Å². The van der Waals surface area contributed by atoms with Gasteiger partial charge in [-0.1, -0.05) is 29.3 Å². The van der Waals surface area contributed by atoms with Gasteiger partial charge in [0.05, 0.1) is 12.8 Å². The molecule has 0 saturated heterocycles. The second kappa shape index (κ2) is 6.11. The molecule has 1 N–H and O–H groups in total. The topological polar surface area (TPSA) is 51.2 Å². The van der Waals surface area contributed by atoms with Crippen LogP contribution in [0, 0.1) is 6.92 Å². The van der Waals surface area contributed by atoms with Crippen LogP contribution in [0.25, 0.3) is 0 Å². The molecule has 0 aliphatic rings. The SMILES string of the molecule is COC(=O)c1cnc(Cl)cc1Nc1cc(Cl)ccc1C. The molecule has 2 rings (SSSR count). The lowest BCUT2D eigenvalue weighted by molar-refractivity contribution is 0.0601. The quantitative estimate of drug-likeness (QED) is 0.681. The Balaban J connectivity index is 2.44. The van der Waals surface area contributed by atoms with Crippen LogP contribution in [-0.2, 0) is 4.74 Å². The highest BCUT2D eigenvalue weighted by Crippen LogP contribution is 2.27. The minimum atomic E-state index is -0.489. The number of hydrogen-bond acceptors (Lipinski definition) is 4. The van der Waals surface area contributed by atoms with Crippen LogP contribution in [0.1, 0.15) is 15.9 Å². The van der Waals surface area contributed by atoms with Crippen LogP contribution >= 0.6 is 23.2 Å². The first-order chi connectivity index (χ1) is 9.51. The van der Waals surface area contributed by atoms with E-state index in [1.54, 1.807) is 18.2 Å². The molecule has 0 fully saturated rings. The molecule has 0 unspecified atom stereocenters. The van der Waals surface area contributed by atoms with E-state index in [1.165, 1.54) is 13.3 Å². The third-order valence-electron chi connectivity index (χ3n) is 2.74. The number of rotatable bonds is 3. The van der Waals surface area contributed by atoms with Gasteiger partial charge in [-0.2, -0.15) is 0 Å². The van der Waals surface area contributed by atoms with E-state index in [4.69, 9.17) is 27.9 Å². The van der Waals surface area contributed by atoms with Crippen molar-refractivity contribution in [3.05, 3.63) is 51.8 Å². The molecule has 1 aromatic carbocycles. The molecule has 6 heteroatoms. The van der Waals surface area contributed by atoms with Crippen molar-refractivity contribution in [2.45, 2.75) is 6.92 Å². The second-order valence-corrected chi connectivity index (χ2v) is 4.95. The van der Waals surface area contributed by atoms with Gasteiger partial charge in [0.2, 0.25) is 0 Å². The molecule has 1 heterocycles. The number of nitrogens with zero attached hydrogens (tertiary/aromatic N) is 1. The summed E-state index contributed by atoms with van der Waals surface area (Å²) >= 11 is 11.8. The summed E-state index contributed by atoms with van der Waals surface area (Å²) in [5.41, 5.74) is 2.58. The summed E-state index contributed by atoms with van der Waals surface area (Å²) in [5, 5.41) is 4.00. The van der Waals surface area contributed by atoms with Crippen molar-refractivity contribution in [3.63, 3.8) is 0 Å². The molecule has 0 spiro atoms. The second-order valence-electron chi connectivity index (χ2n) is 4.13. The van der Waals surface area contributed by atoms with Crippen molar-refractivity contribution in [1.29, 1.82) is 0 Å². The lowest BCUT2D eigenvalue weighted by Crippen LogP contribution is -2.07. The zero-order valence-electron chi connectivity index (χ0n) is 10.9. The van der Waals surface area contributed by atoms with E-state index in [2.05, 4.69) is 10.3 Å². The normalized spacial score (nSPS) is 10.2. The molecular formula is C14H12Cl2N2O2. The molecule has 1 aromatic heterocycles. The lowest BCUT2D eigenvalue weighted by atomic mass is 10.1. The number of hydrogen-bond donors (Lipinski definition) is 1. The first-order valence-electron chi connectivity index (χ1n) is 5.78. The summed E-state index contributed by atoms with van der Waals surface area (Å²) in [7, 11) is 1.31. The van der Waals surface area contributed by atoms with E-state index in [0.717, 1.165) is 11.3 Å². The largest absolute Gasteiger partial charge is 0.465 e. The monoisotopic (exact) mass is 310 g/mol. The summed E-state index contributed by atoms with van der Waals surface area (Å²) in [6, 6.07) is 7.01. The molecule has 0 saturated carbocycles. The highest BCUT2D eigenvalue weighted by atomic mass is 35.5.